The summed E-state index contributed by atoms with van der Waals surface area (Å²) in [5.74, 6) is 0.585. The lowest BCUT2D eigenvalue weighted by molar-refractivity contribution is -0.137. The Balaban J connectivity index is 1.67. The van der Waals surface area contributed by atoms with Crippen LogP contribution in [-0.4, -0.2) is 39.7 Å². The first-order valence-corrected chi connectivity index (χ1v) is 9.76. The van der Waals surface area contributed by atoms with E-state index in [1.807, 2.05) is 20.8 Å². The van der Waals surface area contributed by atoms with Gasteiger partial charge < -0.3 is 15.0 Å². The van der Waals surface area contributed by atoms with Gasteiger partial charge in [-0.25, -0.2) is 9.78 Å². The number of piperidine rings is 1. The molecule has 1 fully saturated rings. The number of rotatable bonds is 3. The molecule has 30 heavy (non-hydrogen) atoms. The third-order valence-electron chi connectivity index (χ3n) is 4.73. The van der Waals surface area contributed by atoms with E-state index in [0.717, 1.165) is 17.8 Å². The van der Waals surface area contributed by atoms with Crippen LogP contribution in [0.2, 0.25) is 0 Å². The molecule has 1 saturated heterocycles. The second kappa shape index (κ2) is 8.49. The summed E-state index contributed by atoms with van der Waals surface area (Å²) in [5.41, 5.74) is -0.0171. The number of hydrogen-bond donors (Lipinski definition) is 1. The minimum Gasteiger partial charge on any atom is -0.444 e. The summed E-state index contributed by atoms with van der Waals surface area (Å²) in [7, 11) is 0. The highest BCUT2D eigenvalue weighted by Crippen LogP contribution is 2.33. The van der Waals surface area contributed by atoms with Gasteiger partial charge in [0.05, 0.1) is 11.3 Å². The van der Waals surface area contributed by atoms with Crippen LogP contribution in [-0.2, 0) is 10.9 Å². The molecule has 1 N–H and O–H groups in total. The van der Waals surface area contributed by atoms with E-state index in [1.54, 1.807) is 11.1 Å². The number of nitrogens with zero attached hydrogens (tertiary/aromatic N) is 3. The Morgan fingerprint density at radius 1 is 1.07 bits per heavy atom. The number of carbonyl (C=O) groups is 1. The average Bonchev–Trinajstić information content (AvgIpc) is 2.67. The molecule has 1 aromatic carbocycles. The van der Waals surface area contributed by atoms with Gasteiger partial charge in [-0.15, -0.1) is 0 Å². The van der Waals surface area contributed by atoms with Gasteiger partial charge in [0.1, 0.15) is 5.60 Å². The van der Waals surface area contributed by atoms with Crippen LogP contribution in [0.5, 0.6) is 0 Å². The SMILES string of the molecule is CC(C)(C)OC(=O)N1CCC(c2nccnc2Nc2ccc(C(F)(F)F)cc2)CC1. The fourth-order valence-electron chi connectivity index (χ4n) is 3.29. The first kappa shape index (κ1) is 21.9. The number of ether oxygens (including phenoxy) is 1. The fourth-order valence-corrected chi connectivity index (χ4v) is 3.29. The summed E-state index contributed by atoms with van der Waals surface area (Å²) >= 11 is 0. The van der Waals surface area contributed by atoms with Crippen molar-refractivity contribution in [1.82, 2.24) is 14.9 Å². The van der Waals surface area contributed by atoms with E-state index in [-0.39, 0.29) is 12.0 Å². The van der Waals surface area contributed by atoms with Gasteiger partial charge in [-0.1, -0.05) is 0 Å². The zero-order valence-electron chi connectivity index (χ0n) is 17.2. The summed E-state index contributed by atoms with van der Waals surface area (Å²) in [6.45, 7) is 6.56. The molecule has 9 heteroatoms. The predicted molar refractivity (Wildman–Crippen MR) is 107 cm³/mol. The van der Waals surface area contributed by atoms with E-state index < -0.39 is 17.3 Å². The van der Waals surface area contributed by atoms with Gasteiger partial charge in [-0.2, -0.15) is 13.2 Å². The highest BCUT2D eigenvalue weighted by atomic mass is 19.4. The van der Waals surface area contributed by atoms with Crippen LogP contribution in [0, 0.1) is 0 Å². The number of nitrogens with one attached hydrogen (secondary N) is 1. The third kappa shape index (κ3) is 5.61. The van der Waals surface area contributed by atoms with E-state index >= 15 is 0 Å². The quantitative estimate of drug-likeness (QED) is 0.722. The summed E-state index contributed by atoms with van der Waals surface area (Å²) < 4.78 is 43.7. The molecule has 0 bridgehead atoms. The summed E-state index contributed by atoms with van der Waals surface area (Å²) in [4.78, 5) is 22.7. The molecule has 1 aliphatic heterocycles. The molecule has 6 nitrogen and oxygen atoms in total. The lowest BCUT2D eigenvalue weighted by atomic mass is 9.93. The number of anilines is 2. The smallest absolute Gasteiger partial charge is 0.416 e. The van der Waals surface area contributed by atoms with Crippen LogP contribution in [0.3, 0.4) is 0 Å². The highest BCUT2D eigenvalue weighted by molar-refractivity contribution is 5.68. The number of hydrogen-bond acceptors (Lipinski definition) is 5. The van der Waals surface area contributed by atoms with Crippen LogP contribution in [0.15, 0.2) is 36.7 Å². The number of aromatic nitrogens is 2. The first-order chi connectivity index (χ1) is 14.0. The standard InChI is InChI=1S/C21H25F3N4O2/c1-20(2,3)30-19(29)28-12-8-14(9-13-28)17-18(26-11-10-25-17)27-16-6-4-15(5-7-16)21(22,23)24/h4-7,10-11,14H,8-9,12-13H2,1-3H3,(H,26,27). The lowest BCUT2D eigenvalue weighted by Crippen LogP contribution is -2.41. The Morgan fingerprint density at radius 2 is 1.67 bits per heavy atom. The number of carbonyl (C=O) groups excluding carboxylic acids is 1. The largest absolute Gasteiger partial charge is 0.444 e. The van der Waals surface area contributed by atoms with Gasteiger partial charge in [-0.3, -0.25) is 4.98 Å². The van der Waals surface area contributed by atoms with Gasteiger partial charge in [-0.05, 0) is 57.9 Å². The summed E-state index contributed by atoms with van der Waals surface area (Å²) in [5, 5.41) is 3.07. The monoisotopic (exact) mass is 422 g/mol. The lowest BCUT2D eigenvalue weighted by Gasteiger charge is -2.33. The average molecular weight is 422 g/mol. The highest BCUT2D eigenvalue weighted by Gasteiger charge is 2.31. The Bertz CT molecular complexity index is 871. The number of benzene rings is 1. The van der Waals surface area contributed by atoms with E-state index in [2.05, 4.69) is 15.3 Å². The maximum Gasteiger partial charge on any atom is 0.416 e. The molecule has 1 aliphatic rings. The van der Waals surface area contributed by atoms with Crippen molar-refractivity contribution in [1.29, 1.82) is 0 Å². The Kier molecular flexibility index (Phi) is 6.19. The molecule has 1 aromatic heterocycles. The molecule has 0 unspecified atom stereocenters. The summed E-state index contributed by atoms with van der Waals surface area (Å²) in [6, 6.07) is 4.79. The second-order valence-corrected chi connectivity index (χ2v) is 8.23. The van der Waals surface area contributed by atoms with Crippen LogP contribution in [0.4, 0.5) is 29.5 Å². The molecule has 0 spiro atoms. The molecule has 162 valence electrons. The van der Waals surface area contributed by atoms with E-state index in [0.29, 0.717) is 37.4 Å². The Labute approximate surface area is 173 Å². The first-order valence-electron chi connectivity index (χ1n) is 9.76. The van der Waals surface area contributed by atoms with Crippen molar-refractivity contribution in [2.45, 2.75) is 51.3 Å². The topological polar surface area (TPSA) is 67.3 Å². The minimum atomic E-state index is -4.38. The van der Waals surface area contributed by atoms with Crippen LogP contribution >= 0.6 is 0 Å². The normalized spacial score (nSPS) is 15.7. The number of amides is 1. The van der Waals surface area contributed by atoms with Crippen molar-refractivity contribution in [2.24, 2.45) is 0 Å². The molecule has 2 heterocycles. The van der Waals surface area contributed by atoms with Gasteiger partial charge in [0.15, 0.2) is 5.82 Å². The molecule has 0 radical (unpaired) electrons. The van der Waals surface area contributed by atoms with Gasteiger partial charge in [0.25, 0.3) is 0 Å². The molecule has 0 aliphatic carbocycles. The maximum absolute atomic E-state index is 12.8. The van der Waals surface area contributed by atoms with Crippen molar-refractivity contribution in [2.75, 3.05) is 18.4 Å². The van der Waals surface area contributed by atoms with E-state index in [9.17, 15) is 18.0 Å². The minimum absolute atomic E-state index is 0.0781. The molecular weight excluding hydrogens is 397 g/mol. The Hall–Kier alpha value is -2.84. The Morgan fingerprint density at radius 3 is 2.23 bits per heavy atom. The number of alkyl halides is 3. The van der Waals surface area contributed by atoms with Crippen molar-refractivity contribution < 1.29 is 22.7 Å². The molecule has 0 saturated carbocycles. The predicted octanol–water partition coefficient (Wildman–Crippen LogP) is 5.35. The molecule has 2 aromatic rings. The second-order valence-electron chi connectivity index (χ2n) is 8.23. The molecular formula is C21H25F3N4O2. The van der Waals surface area contributed by atoms with Gasteiger partial charge in [0, 0.05) is 37.1 Å². The van der Waals surface area contributed by atoms with Crippen molar-refractivity contribution in [3.8, 4) is 0 Å². The van der Waals surface area contributed by atoms with E-state index in [4.69, 9.17) is 4.74 Å². The van der Waals surface area contributed by atoms with Crippen molar-refractivity contribution >= 4 is 17.6 Å². The molecule has 0 atom stereocenters. The third-order valence-corrected chi connectivity index (χ3v) is 4.73. The molecule has 1 amide bonds. The van der Waals surface area contributed by atoms with Crippen LogP contribution in [0.1, 0.15) is 50.8 Å². The zero-order chi connectivity index (χ0) is 21.9. The molecule has 3 rings (SSSR count). The fraction of sp³-hybridized carbons (Fsp3) is 0.476. The number of likely N-dealkylation sites (tertiary alicyclic amines) is 1. The number of halogens is 3. The van der Waals surface area contributed by atoms with Crippen LogP contribution < -0.4 is 5.32 Å². The zero-order valence-corrected chi connectivity index (χ0v) is 17.2. The maximum atomic E-state index is 12.8. The van der Waals surface area contributed by atoms with Crippen LogP contribution in [0.25, 0.3) is 0 Å². The van der Waals surface area contributed by atoms with Crippen molar-refractivity contribution in [3.63, 3.8) is 0 Å². The van der Waals surface area contributed by atoms with Gasteiger partial charge >= 0.3 is 12.3 Å². The van der Waals surface area contributed by atoms with Crippen molar-refractivity contribution in [3.05, 3.63) is 47.9 Å². The van der Waals surface area contributed by atoms with E-state index in [1.165, 1.54) is 18.3 Å². The summed E-state index contributed by atoms with van der Waals surface area (Å²) in [6.07, 6.45) is -0.195. The van der Waals surface area contributed by atoms with Gasteiger partial charge in [0.2, 0.25) is 0 Å².